The van der Waals surface area contributed by atoms with Gasteiger partial charge in [-0.2, -0.15) is 0 Å². The van der Waals surface area contributed by atoms with E-state index in [4.69, 9.17) is 4.74 Å². The highest BCUT2D eigenvalue weighted by atomic mass is 16.5. The molecule has 0 unspecified atom stereocenters. The van der Waals surface area contributed by atoms with Crippen molar-refractivity contribution in [3.63, 3.8) is 0 Å². The molecule has 2 amide bonds. The molecular weight excluding hydrogens is 242 g/mol. The third-order valence-corrected chi connectivity index (χ3v) is 3.98. The van der Waals surface area contributed by atoms with Crippen LogP contribution < -0.4 is 5.32 Å². The van der Waals surface area contributed by atoms with Gasteiger partial charge in [-0.05, 0) is 38.3 Å². The number of carbonyl (C=O) groups is 1. The molecule has 0 aromatic heterocycles. The first kappa shape index (κ1) is 14.6. The van der Waals surface area contributed by atoms with E-state index in [9.17, 15) is 4.79 Å². The van der Waals surface area contributed by atoms with E-state index in [1.165, 1.54) is 12.8 Å². The number of hydrogen-bond donors (Lipinski definition) is 1. The van der Waals surface area contributed by atoms with Crippen LogP contribution in [0.5, 0.6) is 0 Å². The van der Waals surface area contributed by atoms with Gasteiger partial charge >= 0.3 is 6.03 Å². The molecule has 0 aromatic carbocycles. The third-order valence-electron chi connectivity index (χ3n) is 3.98. The summed E-state index contributed by atoms with van der Waals surface area (Å²) in [4.78, 5) is 16.5. The highest BCUT2D eigenvalue weighted by molar-refractivity contribution is 5.74. The Balaban J connectivity index is 1.87. The van der Waals surface area contributed by atoms with E-state index in [1.807, 2.05) is 4.90 Å². The molecule has 19 heavy (non-hydrogen) atoms. The van der Waals surface area contributed by atoms with Gasteiger partial charge in [0, 0.05) is 26.2 Å². The number of ether oxygens (including phenoxy) is 1. The Morgan fingerprint density at radius 3 is 2.63 bits per heavy atom. The van der Waals surface area contributed by atoms with Gasteiger partial charge in [0.15, 0.2) is 0 Å². The van der Waals surface area contributed by atoms with Gasteiger partial charge in [0.1, 0.15) is 0 Å². The van der Waals surface area contributed by atoms with Gasteiger partial charge in [-0.3, -0.25) is 0 Å². The molecular formula is C14H27N3O2. The molecule has 0 atom stereocenters. The maximum absolute atomic E-state index is 12.5. The summed E-state index contributed by atoms with van der Waals surface area (Å²) in [5, 5.41) is 3.38. The summed E-state index contributed by atoms with van der Waals surface area (Å²) in [6.45, 7) is 8.97. The molecule has 2 fully saturated rings. The summed E-state index contributed by atoms with van der Waals surface area (Å²) in [6.07, 6.45) is 3.41. The van der Waals surface area contributed by atoms with E-state index in [-0.39, 0.29) is 6.03 Å². The minimum Gasteiger partial charge on any atom is -0.378 e. The zero-order chi connectivity index (χ0) is 13.5. The fraction of sp³-hybridized carbons (Fsp3) is 0.929. The molecule has 2 aliphatic rings. The summed E-state index contributed by atoms with van der Waals surface area (Å²) in [7, 11) is 0. The normalized spacial score (nSPS) is 21.4. The minimum atomic E-state index is 0.212. The van der Waals surface area contributed by atoms with Crippen LogP contribution in [0, 0.1) is 5.92 Å². The topological polar surface area (TPSA) is 44.8 Å². The van der Waals surface area contributed by atoms with Crippen molar-refractivity contribution in [2.75, 3.05) is 52.5 Å². The molecule has 0 bridgehead atoms. The average molecular weight is 269 g/mol. The first-order valence-electron chi connectivity index (χ1n) is 7.63. The second-order valence-electron chi connectivity index (χ2n) is 5.52. The molecule has 2 heterocycles. The molecule has 0 aliphatic carbocycles. The smallest absolute Gasteiger partial charge is 0.320 e. The number of amides is 2. The van der Waals surface area contributed by atoms with Crippen LogP contribution in [-0.4, -0.2) is 68.3 Å². The lowest BCUT2D eigenvalue weighted by Crippen LogP contribution is -2.50. The number of hydrogen-bond acceptors (Lipinski definition) is 3. The average Bonchev–Trinajstić information content (AvgIpc) is 2.48. The Labute approximate surface area is 116 Å². The summed E-state index contributed by atoms with van der Waals surface area (Å²) < 4.78 is 5.32. The second-order valence-corrected chi connectivity index (χ2v) is 5.52. The van der Waals surface area contributed by atoms with Gasteiger partial charge in [0.2, 0.25) is 0 Å². The lowest BCUT2D eigenvalue weighted by atomic mass is 9.97. The Morgan fingerprint density at radius 2 is 2.00 bits per heavy atom. The highest BCUT2D eigenvalue weighted by Crippen LogP contribution is 2.15. The molecule has 0 spiro atoms. The minimum absolute atomic E-state index is 0.212. The first-order chi connectivity index (χ1) is 9.31. The maximum atomic E-state index is 12.5. The summed E-state index contributed by atoms with van der Waals surface area (Å²) in [6, 6.07) is 0.212. The Morgan fingerprint density at radius 1 is 1.32 bits per heavy atom. The molecule has 2 saturated heterocycles. The van der Waals surface area contributed by atoms with E-state index < -0.39 is 0 Å². The molecule has 0 aromatic rings. The predicted octanol–water partition coefficient (Wildman–Crippen LogP) is 1.15. The van der Waals surface area contributed by atoms with Crippen LogP contribution in [0.1, 0.15) is 26.2 Å². The summed E-state index contributed by atoms with van der Waals surface area (Å²) in [5.74, 6) is 0.665. The Hall–Kier alpha value is -0.810. The van der Waals surface area contributed by atoms with Gasteiger partial charge in [0.25, 0.3) is 0 Å². The van der Waals surface area contributed by atoms with Crippen molar-refractivity contribution in [1.29, 1.82) is 0 Å². The van der Waals surface area contributed by atoms with Crippen LogP contribution >= 0.6 is 0 Å². The van der Waals surface area contributed by atoms with Crippen molar-refractivity contribution >= 4 is 6.03 Å². The van der Waals surface area contributed by atoms with Crippen LogP contribution in [0.25, 0.3) is 0 Å². The van der Waals surface area contributed by atoms with Crippen molar-refractivity contribution in [2.45, 2.75) is 26.2 Å². The van der Waals surface area contributed by atoms with E-state index in [2.05, 4.69) is 17.1 Å². The van der Waals surface area contributed by atoms with Crippen LogP contribution in [0.4, 0.5) is 4.79 Å². The third kappa shape index (κ3) is 4.35. The molecule has 5 heteroatoms. The SMILES string of the molecule is CCCN(CC1CCNCC1)C(=O)N1CCOCC1. The first-order valence-corrected chi connectivity index (χ1v) is 7.63. The molecule has 0 saturated carbocycles. The van der Waals surface area contributed by atoms with Crippen LogP contribution in [-0.2, 0) is 4.74 Å². The van der Waals surface area contributed by atoms with E-state index in [1.54, 1.807) is 0 Å². The Kier molecular flexibility index (Phi) is 5.92. The summed E-state index contributed by atoms with van der Waals surface area (Å²) in [5.41, 5.74) is 0. The van der Waals surface area contributed by atoms with Crippen molar-refractivity contribution in [1.82, 2.24) is 15.1 Å². The predicted molar refractivity (Wildman–Crippen MR) is 75.2 cm³/mol. The number of morpholine rings is 1. The zero-order valence-electron chi connectivity index (χ0n) is 12.1. The summed E-state index contributed by atoms with van der Waals surface area (Å²) >= 11 is 0. The molecule has 1 N–H and O–H groups in total. The quantitative estimate of drug-likeness (QED) is 0.833. The fourth-order valence-electron chi connectivity index (χ4n) is 2.87. The van der Waals surface area contributed by atoms with Crippen molar-refractivity contribution < 1.29 is 9.53 Å². The van der Waals surface area contributed by atoms with Gasteiger partial charge in [-0.1, -0.05) is 6.92 Å². The lowest BCUT2D eigenvalue weighted by molar-refractivity contribution is 0.0414. The van der Waals surface area contributed by atoms with Crippen LogP contribution in [0.2, 0.25) is 0 Å². The van der Waals surface area contributed by atoms with Crippen molar-refractivity contribution in [3.05, 3.63) is 0 Å². The van der Waals surface area contributed by atoms with Gasteiger partial charge in [-0.25, -0.2) is 4.79 Å². The molecule has 5 nitrogen and oxygen atoms in total. The lowest BCUT2D eigenvalue weighted by Gasteiger charge is -2.35. The van der Waals surface area contributed by atoms with E-state index >= 15 is 0 Å². The largest absolute Gasteiger partial charge is 0.378 e. The van der Waals surface area contributed by atoms with E-state index in [0.717, 1.165) is 45.7 Å². The number of carbonyl (C=O) groups excluding carboxylic acids is 1. The molecule has 2 aliphatic heterocycles. The standard InChI is InChI=1S/C14H27N3O2/c1-2-7-17(12-13-3-5-15-6-4-13)14(18)16-8-10-19-11-9-16/h13,15H,2-12H2,1H3. The van der Waals surface area contributed by atoms with Gasteiger partial charge < -0.3 is 19.9 Å². The Bertz CT molecular complexity index is 274. The fourth-order valence-corrected chi connectivity index (χ4v) is 2.87. The van der Waals surface area contributed by atoms with E-state index in [0.29, 0.717) is 19.1 Å². The molecule has 2 rings (SSSR count). The zero-order valence-corrected chi connectivity index (χ0v) is 12.1. The monoisotopic (exact) mass is 269 g/mol. The molecule has 110 valence electrons. The molecule has 0 radical (unpaired) electrons. The van der Waals surface area contributed by atoms with Crippen molar-refractivity contribution in [2.24, 2.45) is 5.92 Å². The number of nitrogens with one attached hydrogen (secondary N) is 1. The number of piperidine rings is 1. The van der Waals surface area contributed by atoms with Gasteiger partial charge in [0.05, 0.1) is 13.2 Å². The highest BCUT2D eigenvalue weighted by Gasteiger charge is 2.25. The second kappa shape index (κ2) is 7.70. The van der Waals surface area contributed by atoms with Crippen LogP contribution in [0.3, 0.4) is 0 Å². The van der Waals surface area contributed by atoms with Crippen molar-refractivity contribution in [3.8, 4) is 0 Å². The van der Waals surface area contributed by atoms with Crippen LogP contribution in [0.15, 0.2) is 0 Å². The number of rotatable bonds is 4. The maximum Gasteiger partial charge on any atom is 0.320 e. The van der Waals surface area contributed by atoms with Gasteiger partial charge in [-0.15, -0.1) is 0 Å². The number of urea groups is 1. The number of nitrogens with zero attached hydrogens (tertiary/aromatic N) is 2.